The Balaban J connectivity index is 1.61. The number of nitrogens with zero attached hydrogens (tertiary/aromatic N) is 3. The number of thioether (sulfide) groups is 3. The third kappa shape index (κ3) is 3.36. The molecule has 3 heterocycles. The monoisotopic (exact) mass is 419 g/mol. The summed E-state index contributed by atoms with van der Waals surface area (Å²) in [6.07, 6.45) is 0. The minimum Gasteiger partial charge on any atom is -0.479 e. The molecule has 0 amide bonds. The zero-order chi connectivity index (χ0) is 19.3. The Kier molecular flexibility index (Phi) is 4.71. The van der Waals surface area contributed by atoms with Gasteiger partial charge in [0, 0.05) is 22.8 Å². The number of hydrogen-bond acceptors (Lipinski definition) is 7. The molecule has 0 aliphatic carbocycles. The highest BCUT2D eigenvalue weighted by Gasteiger charge is 2.48. The van der Waals surface area contributed by atoms with Crippen molar-refractivity contribution in [1.29, 1.82) is 0 Å². The van der Waals surface area contributed by atoms with Crippen LogP contribution in [0.2, 0.25) is 0 Å². The van der Waals surface area contributed by atoms with E-state index in [4.69, 9.17) is 9.98 Å². The first-order valence-corrected chi connectivity index (χ1v) is 11.7. The summed E-state index contributed by atoms with van der Waals surface area (Å²) in [4.78, 5) is 26.1. The lowest BCUT2D eigenvalue weighted by Crippen LogP contribution is -2.35. The molecule has 27 heavy (non-hydrogen) atoms. The van der Waals surface area contributed by atoms with Crippen LogP contribution in [0.15, 0.2) is 45.3 Å². The first kappa shape index (κ1) is 19.1. The number of carboxylic acid groups (broad SMARTS) is 1. The molecular weight excluding hydrogens is 398 g/mol. The van der Waals surface area contributed by atoms with Gasteiger partial charge in [-0.25, -0.2) is 4.79 Å². The van der Waals surface area contributed by atoms with Crippen molar-refractivity contribution >= 4 is 56.4 Å². The van der Waals surface area contributed by atoms with Gasteiger partial charge in [-0.2, -0.15) is 0 Å². The fourth-order valence-corrected chi connectivity index (χ4v) is 7.09. The standard InChI is InChI=1S/C19H21N3O2S3/c1-17(9-25-13(20-17)12-7-5-4-6-8-12)14-21-18(2,10-26-14)15-22-19(3,11-27-15)16(23)24/h4-8H,9-11H2,1-3H3,(H,23,24)/t17-,18-,19-/m0/s1. The molecule has 1 aromatic rings. The Hall–Kier alpha value is -1.25. The van der Waals surface area contributed by atoms with E-state index in [-0.39, 0.29) is 5.54 Å². The second kappa shape index (κ2) is 6.67. The van der Waals surface area contributed by atoms with E-state index in [2.05, 4.69) is 31.0 Å². The fourth-order valence-electron chi connectivity index (χ4n) is 3.10. The first-order valence-electron chi connectivity index (χ1n) is 8.72. The van der Waals surface area contributed by atoms with Crippen molar-refractivity contribution in [2.45, 2.75) is 37.4 Å². The summed E-state index contributed by atoms with van der Waals surface area (Å²) >= 11 is 5.02. The minimum absolute atomic E-state index is 0.335. The molecule has 0 saturated heterocycles. The van der Waals surface area contributed by atoms with Gasteiger partial charge in [0.05, 0.1) is 15.1 Å². The van der Waals surface area contributed by atoms with Crippen molar-refractivity contribution in [2.24, 2.45) is 15.0 Å². The zero-order valence-corrected chi connectivity index (χ0v) is 17.9. The molecule has 0 radical (unpaired) electrons. The number of carboxylic acids is 1. The van der Waals surface area contributed by atoms with Gasteiger partial charge in [0.25, 0.3) is 0 Å². The molecule has 3 atom stereocenters. The lowest BCUT2D eigenvalue weighted by atomic mass is 10.0. The molecule has 1 aromatic carbocycles. The molecule has 4 rings (SSSR count). The summed E-state index contributed by atoms with van der Waals surface area (Å²) in [6, 6.07) is 10.2. The van der Waals surface area contributed by atoms with Crippen molar-refractivity contribution in [3.05, 3.63) is 35.9 Å². The van der Waals surface area contributed by atoms with Crippen molar-refractivity contribution in [2.75, 3.05) is 17.3 Å². The highest BCUT2D eigenvalue weighted by atomic mass is 32.2. The predicted octanol–water partition coefficient (Wildman–Crippen LogP) is 3.83. The number of hydrogen-bond donors (Lipinski definition) is 1. The Morgan fingerprint density at radius 2 is 1.48 bits per heavy atom. The average Bonchev–Trinajstić information content (AvgIpc) is 3.35. The summed E-state index contributed by atoms with van der Waals surface area (Å²) in [7, 11) is 0. The third-order valence-corrected chi connectivity index (χ3v) is 9.25. The smallest absolute Gasteiger partial charge is 0.332 e. The Bertz CT molecular complexity index is 885. The molecule has 3 aliphatic heterocycles. The van der Waals surface area contributed by atoms with Gasteiger partial charge in [0.2, 0.25) is 0 Å². The van der Waals surface area contributed by atoms with Crippen LogP contribution in [0, 0.1) is 0 Å². The fraction of sp³-hybridized carbons (Fsp3) is 0.474. The summed E-state index contributed by atoms with van der Waals surface area (Å²) in [5, 5.41) is 12.3. The molecule has 3 aliphatic rings. The number of carbonyl (C=O) groups is 1. The average molecular weight is 420 g/mol. The highest BCUT2D eigenvalue weighted by molar-refractivity contribution is 8.17. The molecule has 142 valence electrons. The van der Waals surface area contributed by atoms with Gasteiger partial charge >= 0.3 is 5.97 Å². The van der Waals surface area contributed by atoms with E-state index in [1.807, 2.05) is 18.2 Å². The summed E-state index contributed by atoms with van der Waals surface area (Å²) < 4.78 is 0. The van der Waals surface area contributed by atoms with Crippen molar-refractivity contribution < 1.29 is 9.90 Å². The molecule has 0 saturated carbocycles. The minimum atomic E-state index is -1.04. The molecule has 1 N–H and O–H groups in total. The normalized spacial score (nSPS) is 35.7. The van der Waals surface area contributed by atoms with Gasteiger partial charge in [-0.05, 0) is 20.8 Å². The van der Waals surface area contributed by atoms with Crippen LogP contribution in [-0.4, -0.2) is 60.1 Å². The number of rotatable bonds is 4. The predicted molar refractivity (Wildman–Crippen MR) is 118 cm³/mol. The van der Waals surface area contributed by atoms with E-state index in [0.717, 1.165) is 32.2 Å². The van der Waals surface area contributed by atoms with Crippen molar-refractivity contribution in [3.8, 4) is 0 Å². The Labute approximate surface area is 171 Å². The summed E-state index contributed by atoms with van der Waals surface area (Å²) in [6.45, 7) is 5.87. The van der Waals surface area contributed by atoms with Gasteiger partial charge in [-0.3, -0.25) is 15.0 Å². The van der Waals surface area contributed by atoms with Gasteiger partial charge in [0.1, 0.15) is 11.1 Å². The molecule has 0 aromatic heterocycles. The van der Waals surface area contributed by atoms with E-state index in [1.54, 1.807) is 30.4 Å². The number of aliphatic imine (C=N–C) groups is 3. The zero-order valence-electron chi connectivity index (χ0n) is 15.4. The maximum Gasteiger partial charge on any atom is 0.332 e. The van der Waals surface area contributed by atoms with E-state index in [1.165, 1.54) is 11.8 Å². The van der Waals surface area contributed by atoms with Gasteiger partial charge < -0.3 is 5.11 Å². The van der Waals surface area contributed by atoms with Crippen LogP contribution in [0.5, 0.6) is 0 Å². The topological polar surface area (TPSA) is 74.4 Å². The molecule has 0 spiro atoms. The van der Waals surface area contributed by atoms with Crippen LogP contribution in [0.3, 0.4) is 0 Å². The second-order valence-corrected chi connectivity index (χ2v) is 10.5. The lowest BCUT2D eigenvalue weighted by Gasteiger charge is -2.20. The van der Waals surface area contributed by atoms with E-state index >= 15 is 0 Å². The maximum atomic E-state index is 11.5. The Morgan fingerprint density at radius 3 is 2.15 bits per heavy atom. The van der Waals surface area contributed by atoms with E-state index < -0.39 is 17.0 Å². The summed E-state index contributed by atoms with van der Waals surface area (Å²) in [5.41, 5.74) is -0.697. The third-order valence-electron chi connectivity index (χ3n) is 4.92. The first-order chi connectivity index (χ1) is 12.7. The van der Waals surface area contributed by atoms with E-state index in [9.17, 15) is 9.90 Å². The second-order valence-electron chi connectivity index (χ2n) is 7.61. The van der Waals surface area contributed by atoms with Gasteiger partial charge in [-0.15, -0.1) is 35.3 Å². The van der Waals surface area contributed by atoms with Crippen molar-refractivity contribution in [1.82, 2.24) is 0 Å². The SMILES string of the molecule is C[C@@]1(C(=O)O)CSC([C@]2(C)CSC([C@]3(C)CSC(c4ccccc4)=N3)=N2)=N1. The molecule has 0 fully saturated rings. The van der Waals surface area contributed by atoms with Crippen LogP contribution in [-0.2, 0) is 4.79 Å². The Morgan fingerprint density at radius 1 is 0.889 bits per heavy atom. The molecule has 0 unspecified atom stereocenters. The van der Waals surface area contributed by atoms with Crippen LogP contribution in [0.25, 0.3) is 0 Å². The van der Waals surface area contributed by atoms with E-state index in [0.29, 0.717) is 5.75 Å². The maximum absolute atomic E-state index is 11.5. The van der Waals surface area contributed by atoms with Gasteiger partial charge in [0.15, 0.2) is 5.54 Å². The van der Waals surface area contributed by atoms with Gasteiger partial charge in [-0.1, -0.05) is 30.3 Å². The number of benzene rings is 1. The molecule has 0 bridgehead atoms. The van der Waals surface area contributed by atoms with Crippen LogP contribution in [0.4, 0.5) is 0 Å². The van der Waals surface area contributed by atoms with Crippen molar-refractivity contribution in [3.63, 3.8) is 0 Å². The highest BCUT2D eigenvalue weighted by Crippen LogP contribution is 2.44. The van der Waals surface area contributed by atoms with Crippen LogP contribution < -0.4 is 0 Å². The molecule has 8 heteroatoms. The summed E-state index contributed by atoms with van der Waals surface area (Å²) in [5.74, 6) is 1.23. The quantitative estimate of drug-likeness (QED) is 0.803. The van der Waals surface area contributed by atoms with Crippen LogP contribution in [0.1, 0.15) is 26.3 Å². The number of aliphatic carboxylic acids is 1. The van der Waals surface area contributed by atoms with Crippen LogP contribution >= 0.6 is 35.3 Å². The lowest BCUT2D eigenvalue weighted by molar-refractivity contribution is -0.141. The largest absolute Gasteiger partial charge is 0.479 e. The molecular formula is C19H21N3O2S3. The molecule has 5 nitrogen and oxygen atoms in total.